The number of thiazole rings is 1. The first-order chi connectivity index (χ1) is 16.2. The number of nitrogens with zero attached hydrogens (tertiary/aromatic N) is 2. The van der Waals surface area contributed by atoms with Crippen LogP contribution in [0.4, 0.5) is 5.69 Å². The van der Waals surface area contributed by atoms with E-state index in [-0.39, 0.29) is 0 Å². The highest BCUT2D eigenvalue weighted by Crippen LogP contribution is 2.28. The summed E-state index contributed by atoms with van der Waals surface area (Å²) in [5.41, 5.74) is 5.44. The molecule has 0 aliphatic carbocycles. The third-order valence-electron chi connectivity index (χ3n) is 4.94. The first-order valence-electron chi connectivity index (χ1n) is 10.4. The SMILES string of the molecule is CCOC(=O)c1ccccc1N/C=C(\C#N)c1nc(-c2ccc(-c3ccccc3)cc2)cs1. The Hall–Kier alpha value is -4.21. The molecule has 162 valence electrons. The normalized spacial score (nSPS) is 11.0. The zero-order valence-corrected chi connectivity index (χ0v) is 18.8. The van der Waals surface area contributed by atoms with E-state index in [1.807, 2.05) is 41.8 Å². The molecule has 1 N–H and O–H groups in total. The van der Waals surface area contributed by atoms with Gasteiger partial charge in [0.1, 0.15) is 16.6 Å². The number of aromatic nitrogens is 1. The maximum absolute atomic E-state index is 12.2. The Morgan fingerprint density at radius 2 is 1.67 bits per heavy atom. The van der Waals surface area contributed by atoms with E-state index in [1.165, 1.54) is 11.3 Å². The summed E-state index contributed by atoms with van der Waals surface area (Å²) >= 11 is 1.40. The summed E-state index contributed by atoms with van der Waals surface area (Å²) in [6, 6.07) is 27.6. The number of nitrogens with one attached hydrogen (secondary N) is 1. The minimum absolute atomic E-state index is 0.292. The molecule has 0 atom stereocenters. The molecule has 5 nitrogen and oxygen atoms in total. The number of rotatable bonds is 7. The van der Waals surface area contributed by atoms with Crippen LogP contribution in [-0.2, 0) is 4.74 Å². The molecule has 3 aromatic carbocycles. The molecule has 0 spiro atoms. The van der Waals surface area contributed by atoms with Crippen molar-refractivity contribution < 1.29 is 9.53 Å². The molecule has 0 saturated carbocycles. The number of nitriles is 1. The predicted molar refractivity (Wildman–Crippen MR) is 133 cm³/mol. The smallest absolute Gasteiger partial charge is 0.340 e. The van der Waals surface area contributed by atoms with Crippen molar-refractivity contribution in [1.82, 2.24) is 4.98 Å². The number of benzene rings is 3. The van der Waals surface area contributed by atoms with Gasteiger partial charge in [-0.25, -0.2) is 9.78 Å². The fraction of sp³-hybridized carbons (Fsp3) is 0.0741. The van der Waals surface area contributed by atoms with E-state index in [2.05, 4.69) is 40.6 Å². The summed E-state index contributed by atoms with van der Waals surface area (Å²) in [6.07, 6.45) is 1.57. The van der Waals surface area contributed by atoms with Crippen LogP contribution < -0.4 is 5.32 Å². The van der Waals surface area contributed by atoms with E-state index in [9.17, 15) is 10.1 Å². The Labute approximate surface area is 196 Å². The highest BCUT2D eigenvalue weighted by atomic mass is 32.1. The van der Waals surface area contributed by atoms with Crippen LogP contribution in [0.25, 0.3) is 28.0 Å². The molecule has 1 heterocycles. The van der Waals surface area contributed by atoms with Gasteiger partial charge in [0.2, 0.25) is 0 Å². The Kier molecular flexibility index (Phi) is 6.93. The van der Waals surface area contributed by atoms with Crippen LogP contribution in [0.15, 0.2) is 90.4 Å². The fourth-order valence-corrected chi connectivity index (χ4v) is 4.08. The van der Waals surface area contributed by atoms with E-state index in [0.717, 1.165) is 22.4 Å². The summed E-state index contributed by atoms with van der Waals surface area (Å²) < 4.78 is 5.10. The molecule has 4 rings (SSSR count). The van der Waals surface area contributed by atoms with Crippen molar-refractivity contribution in [1.29, 1.82) is 5.26 Å². The van der Waals surface area contributed by atoms with Gasteiger partial charge in [0, 0.05) is 17.1 Å². The van der Waals surface area contributed by atoms with Gasteiger partial charge < -0.3 is 10.1 Å². The molecule has 0 saturated heterocycles. The lowest BCUT2D eigenvalue weighted by molar-refractivity contribution is 0.0527. The number of carbonyl (C=O) groups is 1. The van der Waals surface area contributed by atoms with E-state index in [4.69, 9.17) is 4.74 Å². The van der Waals surface area contributed by atoms with Gasteiger partial charge in [0.15, 0.2) is 0 Å². The molecule has 0 aliphatic rings. The van der Waals surface area contributed by atoms with E-state index in [1.54, 1.807) is 31.3 Å². The second-order valence-electron chi connectivity index (χ2n) is 7.06. The van der Waals surface area contributed by atoms with E-state index >= 15 is 0 Å². The number of hydrogen-bond donors (Lipinski definition) is 1. The fourth-order valence-electron chi connectivity index (χ4n) is 3.28. The summed E-state index contributed by atoms with van der Waals surface area (Å²) in [5.74, 6) is -0.414. The van der Waals surface area contributed by atoms with Crippen LogP contribution in [0.1, 0.15) is 22.3 Å². The third-order valence-corrected chi connectivity index (χ3v) is 5.81. The number of esters is 1. The third kappa shape index (κ3) is 5.17. The van der Waals surface area contributed by atoms with Gasteiger partial charge in [-0.1, -0.05) is 66.7 Å². The topological polar surface area (TPSA) is 75.0 Å². The van der Waals surface area contributed by atoms with Crippen molar-refractivity contribution >= 4 is 28.6 Å². The highest BCUT2D eigenvalue weighted by molar-refractivity contribution is 7.11. The molecular formula is C27H21N3O2S. The predicted octanol–water partition coefficient (Wildman–Crippen LogP) is 6.63. The van der Waals surface area contributed by atoms with Crippen molar-refractivity contribution in [2.45, 2.75) is 6.92 Å². The number of ether oxygens (including phenoxy) is 1. The standard InChI is InChI=1S/C27H21N3O2S/c1-2-32-27(31)23-10-6-7-11-24(23)29-17-22(16-28)26-30-25(18-33-26)21-14-12-20(13-15-21)19-8-4-3-5-9-19/h3-15,17-18,29H,2H2,1H3/b22-17+. The van der Waals surface area contributed by atoms with Crippen molar-refractivity contribution in [3.63, 3.8) is 0 Å². The Morgan fingerprint density at radius 1 is 1.00 bits per heavy atom. The maximum atomic E-state index is 12.2. The van der Waals surface area contributed by atoms with Gasteiger partial charge in [-0.15, -0.1) is 11.3 Å². The van der Waals surface area contributed by atoms with Gasteiger partial charge in [0.25, 0.3) is 0 Å². The molecular weight excluding hydrogens is 430 g/mol. The van der Waals surface area contributed by atoms with Crippen LogP contribution >= 0.6 is 11.3 Å². The lowest BCUT2D eigenvalue weighted by Gasteiger charge is -2.08. The summed E-state index contributed by atoms with van der Waals surface area (Å²) in [6.45, 7) is 2.05. The molecule has 33 heavy (non-hydrogen) atoms. The van der Waals surface area contributed by atoms with Crippen LogP contribution in [0, 0.1) is 11.3 Å². The van der Waals surface area contributed by atoms with Crippen molar-refractivity contribution in [3.05, 3.63) is 101 Å². The van der Waals surface area contributed by atoms with Gasteiger partial charge in [-0.05, 0) is 30.2 Å². The van der Waals surface area contributed by atoms with Crippen LogP contribution in [0.3, 0.4) is 0 Å². The minimum Gasteiger partial charge on any atom is -0.462 e. The zero-order valence-electron chi connectivity index (χ0n) is 18.0. The number of carbonyl (C=O) groups excluding carboxylic acids is 1. The average molecular weight is 452 g/mol. The van der Waals surface area contributed by atoms with Gasteiger partial charge in [-0.3, -0.25) is 0 Å². The quantitative estimate of drug-likeness (QED) is 0.252. The van der Waals surface area contributed by atoms with Gasteiger partial charge in [-0.2, -0.15) is 5.26 Å². The van der Waals surface area contributed by atoms with Gasteiger partial charge in [0.05, 0.1) is 23.6 Å². The maximum Gasteiger partial charge on any atom is 0.340 e. The lowest BCUT2D eigenvalue weighted by Crippen LogP contribution is -2.07. The largest absolute Gasteiger partial charge is 0.462 e. The van der Waals surface area contributed by atoms with E-state index in [0.29, 0.717) is 28.4 Å². The van der Waals surface area contributed by atoms with Crippen molar-refractivity contribution in [2.24, 2.45) is 0 Å². The number of allylic oxidation sites excluding steroid dienone is 1. The molecule has 0 radical (unpaired) electrons. The Balaban J connectivity index is 1.53. The van der Waals surface area contributed by atoms with Crippen LogP contribution in [0.2, 0.25) is 0 Å². The van der Waals surface area contributed by atoms with Gasteiger partial charge >= 0.3 is 5.97 Å². The highest BCUT2D eigenvalue weighted by Gasteiger charge is 2.13. The molecule has 0 unspecified atom stereocenters. The monoisotopic (exact) mass is 451 g/mol. The van der Waals surface area contributed by atoms with Crippen LogP contribution in [0.5, 0.6) is 0 Å². The number of anilines is 1. The van der Waals surface area contributed by atoms with Crippen LogP contribution in [-0.4, -0.2) is 17.6 Å². The zero-order chi connectivity index (χ0) is 23.0. The second kappa shape index (κ2) is 10.4. The molecule has 1 aromatic heterocycles. The molecule has 0 aliphatic heterocycles. The van der Waals surface area contributed by atoms with E-state index < -0.39 is 5.97 Å². The summed E-state index contributed by atoms with van der Waals surface area (Å²) in [5, 5.41) is 15.3. The number of para-hydroxylation sites is 1. The second-order valence-corrected chi connectivity index (χ2v) is 7.92. The number of hydrogen-bond acceptors (Lipinski definition) is 6. The average Bonchev–Trinajstić information content (AvgIpc) is 3.36. The first kappa shape index (κ1) is 22.0. The molecule has 0 bridgehead atoms. The molecule has 0 fully saturated rings. The molecule has 4 aromatic rings. The lowest BCUT2D eigenvalue weighted by atomic mass is 10.0. The summed E-state index contributed by atoms with van der Waals surface area (Å²) in [4.78, 5) is 16.8. The summed E-state index contributed by atoms with van der Waals surface area (Å²) in [7, 11) is 0. The van der Waals surface area contributed by atoms with Crippen molar-refractivity contribution in [2.75, 3.05) is 11.9 Å². The Morgan fingerprint density at radius 3 is 2.39 bits per heavy atom. The first-order valence-corrected chi connectivity index (χ1v) is 11.3. The molecule has 0 amide bonds. The molecule has 6 heteroatoms. The minimum atomic E-state index is -0.414. The van der Waals surface area contributed by atoms with Crippen molar-refractivity contribution in [3.8, 4) is 28.5 Å². The Bertz CT molecular complexity index is 1320.